The van der Waals surface area contributed by atoms with Crippen molar-refractivity contribution >= 4 is 5.91 Å². The number of amides is 1. The zero-order valence-electron chi connectivity index (χ0n) is 19.0. The van der Waals surface area contributed by atoms with Gasteiger partial charge in [-0.3, -0.25) is 9.69 Å². The molecule has 6 nitrogen and oxygen atoms in total. The fourth-order valence-corrected chi connectivity index (χ4v) is 4.88. The van der Waals surface area contributed by atoms with Crippen LogP contribution >= 0.6 is 0 Å². The first-order chi connectivity index (χ1) is 14.6. The highest BCUT2D eigenvalue weighted by molar-refractivity contribution is 5.94. The van der Waals surface area contributed by atoms with Crippen LogP contribution in [-0.4, -0.2) is 93.3 Å². The molecule has 0 spiro atoms. The van der Waals surface area contributed by atoms with Crippen LogP contribution in [0.15, 0.2) is 24.3 Å². The van der Waals surface area contributed by atoms with Crippen molar-refractivity contribution in [3.8, 4) is 5.75 Å². The maximum atomic E-state index is 13.5. The van der Waals surface area contributed by atoms with Crippen LogP contribution in [0.4, 0.5) is 0 Å². The minimum Gasteiger partial charge on any atom is -0.497 e. The third-order valence-corrected chi connectivity index (χ3v) is 6.74. The number of hydrogen-bond donors (Lipinski definition) is 0. The smallest absolute Gasteiger partial charge is 0.254 e. The molecule has 168 valence electrons. The van der Waals surface area contributed by atoms with Gasteiger partial charge in [0.1, 0.15) is 5.75 Å². The van der Waals surface area contributed by atoms with Crippen molar-refractivity contribution in [3.63, 3.8) is 0 Å². The van der Waals surface area contributed by atoms with Crippen LogP contribution in [0.25, 0.3) is 0 Å². The number of benzene rings is 1. The zero-order chi connectivity index (χ0) is 21.3. The highest BCUT2D eigenvalue weighted by atomic mass is 16.5. The minimum atomic E-state index is 0.138. The van der Waals surface area contributed by atoms with E-state index in [-0.39, 0.29) is 5.91 Å². The van der Waals surface area contributed by atoms with Gasteiger partial charge in [0.15, 0.2) is 0 Å². The third kappa shape index (κ3) is 6.19. The third-order valence-electron chi connectivity index (χ3n) is 6.74. The van der Waals surface area contributed by atoms with Crippen LogP contribution in [0.2, 0.25) is 0 Å². The Kier molecular flexibility index (Phi) is 8.97. The van der Waals surface area contributed by atoms with Crippen molar-refractivity contribution < 1.29 is 14.3 Å². The summed E-state index contributed by atoms with van der Waals surface area (Å²) in [5.41, 5.74) is 0.730. The molecular formula is C24H39N3O3. The van der Waals surface area contributed by atoms with Gasteiger partial charge in [0.25, 0.3) is 5.91 Å². The summed E-state index contributed by atoms with van der Waals surface area (Å²) < 4.78 is 10.6. The molecule has 30 heavy (non-hydrogen) atoms. The molecule has 1 amide bonds. The fraction of sp³-hybridized carbons (Fsp3) is 0.708. The topological polar surface area (TPSA) is 45.2 Å². The summed E-state index contributed by atoms with van der Waals surface area (Å²) >= 11 is 0. The molecule has 0 radical (unpaired) electrons. The Morgan fingerprint density at radius 1 is 1.13 bits per heavy atom. The van der Waals surface area contributed by atoms with Gasteiger partial charge in [0.05, 0.1) is 13.7 Å². The van der Waals surface area contributed by atoms with Crippen molar-refractivity contribution in [1.29, 1.82) is 0 Å². The second-order valence-electron chi connectivity index (χ2n) is 8.64. The van der Waals surface area contributed by atoms with Crippen molar-refractivity contribution in [1.82, 2.24) is 14.7 Å². The van der Waals surface area contributed by atoms with Crippen LogP contribution < -0.4 is 4.74 Å². The van der Waals surface area contributed by atoms with Crippen molar-refractivity contribution in [2.24, 2.45) is 5.92 Å². The average Bonchev–Trinajstić information content (AvgIpc) is 3.24. The van der Waals surface area contributed by atoms with E-state index in [0.29, 0.717) is 12.0 Å². The van der Waals surface area contributed by atoms with Crippen LogP contribution in [-0.2, 0) is 4.74 Å². The number of methoxy groups -OCH3 is 2. The quantitative estimate of drug-likeness (QED) is 0.586. The van der Waals surface area contributed by atoms with Gasteiger partial charge >= 0.3 is 0 Å². The lowest BCUT2D eigenvalue weighted by Gasteiger charge is -2.36. The van der Waals surface area contributed by atoms with E-state index in [1.165, 1.54) is 12.8 Å². The first kappa shape index (κ1) is 23.0. The fourth-order valence-electron chi connectivity index (χ4n) is 4.88. The standard InChI is InChI=1S/C24H39N3O3/c1-4-26-12-6-8-22(26)19-27(24(28)21-7-5-9-23(17-21)30-3)18-20-10-13-25(14-11-20)15-16-29-2/h5,7,9,17,20,22H,4,6,8,10-16,18-19H2,1-3H3. The second kappa shape index (κ2) is 11.7. The van der Waals surface area contributed by atoms with E-state index in [9.17, 15) is 4.79 Å². The predicted molar refractivity (Wildman–Crippen MR) is 120 cm³/mol. The molecule has 0 saturated carbocycles. The molecule has 3 rings (SSSR count). The lowest BCUT2D eigenvalue weighted by Crippen LogP contribution is -2.46. The predicted octanol–water partition coefficient (Wildman–Crippen LogP) is 2.98. The van der Waals surface area contributed by atoms with E-state index < -0.39 is 0 Å². The molecule has 0 bridgehead atoms. The largest absolute Gasteiger partial charge is 0.497 e. The summed E-state index contributed by atoms with van der Waals surface area (Å²) in [6, 6.07) is 8.07. The molecule has 2 saturated heterocycles. The van der Waals surface area contributed by atoms with Crippen LogP contribution in [0, 0.1) is 5.92 Å². The lowest BCUT2D eigenvalue weighted by molar-refractivity contribution is 0.0616. The number of nitrogens with zero attached hydrogens (tertiary/aromatic N) is 3. The number of likely N-dealkylation sites (N-methyl/N-ethyl adjacent to an activating group) is 1. The molecule has 1 atom stereocenters. The van der Waals surface area contributed by atoms with E-state index in [2.05, 4.69) is 21.6 Å². The summed E-state index contributed by atoms with van der Waals surface area (Å²) in [5, 5.41) is 0. The number of ether oxygens (including phenoxy) is 2. The van der Waals surface area contributed by atoms with Gasteiger partial charge in [0.2, 0.25) is 0 Å². The average molecular weight is 418 g/mol. The Morgan fingerprint density at radius 3 is 2.63 bits per heavy atom. The number of rotatable bonds is 10. The van der Waals surface area contributed by atoms with Crippen molar-refractivity contribution in [2.75, 3.05) is 66.6 Å². The Morgan fingerprint density at radius 2 is 1.93 bits per heavy atom. The zero-order valence-corrected chi connectivity index (χ0v) is 19.0. The van der Waals surface area contributed by atoms with Gasteiger partial charge in [-0.2, -0.15) is 0 Å². The molecular weight excluding hydrogens is 378 g/mol. The van der Waals surface area contributed by atoms with Crippen LogP contribution in [0.5, 0.6) is 5.75 Å². The van der Waals surface area contributed by atoms with Gasteiger partial charge in [-0.25, -0.2) is 0 Å². The van der Waals surface area contributed by atoms with Gasteiger partial charge in [-0.1, -0.05) is 13.0 Å². The molecule has 0 aromatic heterocycles. The summed E-state index contributed by atoms with van der Waals surface area (Å²) in [6.45, 7) is 10.1. The summed E-state index contributed by atoms with van der Waals surface area (Å²) in [4.78, 5) is 20.6. The number of carbonyl (C=O) groups is 1. The number of piperidine rings is 1. The minimum absolute atomic E-state index is 0.138. The number of hydrogen-bond acceptors (Lipinski definition) is 5. The summed E-state index contributed by atoms with van der Waals surface area (Å²) in [5.74, 6) is 1.44. The molecule has 1 aromatic rings. The van der Waals surface area contributed by atoms with Gasteiger partial charge in [0, 0.05) is 38.3 Å². The van der Waals surface area contributed by atoms with Gasteiger partial charge < -0.3 is 19.3 Å². The lowest BCUT2D eigenvalue weighted by atomic mass is 9.95. The van der Waals surface area contributed by atoms with E-state index in [1.807, 2.05) is 24.3 Å². The molecule has 2 aliphatic rings. The number of likely N-dealkylation sites (tertiary alicyclic amines) is 2. The SMILES string of the molecule is CCN1CCCC1CN(CC1CCN(CCOC)CC1)C(=O)c1cccc(OC)c1. The molecule has 0 N–H and O–H groups in total. The van der Waals surface area contributed by atoms with E-state index in [0.717, 1.165) is 76.6 Å². The van der Waals surface area contributed by atoms with Crippen LogP contribution in [0.3, 0.4) is 0 Å². The maximum Gasteiger partial charge on any atom is 0.254 e. The number of carbonyl (C=O) groups excluding carboxylic acids is 1. The molecule has 1 aromatic carbocycles. The Balaban J connectivity index is 1.67. The Hall–Kier alpha value is -1.63. The Labute approximate surface area is 182 Å². The molecule has 1 unspecified atom stereocenters. The first-order valence-corrected chi connectivity index (χ1v) is 11.5. The van der Waals surface area contributed by atoms with E-state index >= 15 is 0 Å². The summed E-state index contributed by atoms with van der Waals surface area (Å²) in [7, 11) is 3.41. The van der Waals surface area contributed by atoms with Crippen molar-refractivity contribution in [3.05, 3.63) is 29.8 Å². The summed E-state index contributed by atoms with van der Waals surface area (Å²) in [6.07, 6.45) is 4.71. The second-order valence-corrected chi connectivity index (χ2v) is 8.64. The molecule has 0 aliphatic carbocycles. The molecule has 2 aliphatic heterocycles. The Bertz CT molecular complexity index is 661. The van der Waals surface area contributed by atoms with Crippen molar-refractivity contribution in [2.45, 2.75) is 38.6 Å². The van der Waals surface area contributed by atoms with E-state index in [4.69, 9.17) is 9.47 Å². The maximum absolute atomic E-state index is 13.5. The van der Waals surface area contributed by atoms with Gasteiger partial charge in [-0.05, 0) is 76.0 Å². The van der Waals surface area contributed by atoms with Crippen LogP contribution in [0.1, 0.15) is 43.0 Å². The van der Waals surface area contributed by atoms with E-state index in [1.54, 1.807) is 14.2 Å². The monoisotopic (exact) mass is 417 g/mol. The molecule has 2 fully saturated rings. The highest BCUT2D eigenvalue weighted by Crippen LogP contribution is 2.24. The molecule has 2 heterocycles. The first-order valence-electron chi connectivity index (χ1n) is 11.5. The normalized spacial score (nSPS) is 21.1. The van der Waals surface area contributed by atoms with Gasteiger partial charge in [-0.15, -0.1) is 0 Å². The highest BCUT2D eigenvalue weighted by Gasteiger charge is 2.30. The molecule has 6 heteroatoms.